The molecular weight excluding hydrogens is 318 g/mol. The molecular formula is C16H18BrNO2. The summed E-state index contributed by atoms with van der Waals surface area (Å²) in [5.41, 5.74) is 2.13. The normalized spacial score (nSPS) is 11.8. The smallest absolute Gasteiger partial charge is 0.142 e. The van der Waals surface area contributed by atoms with Gasteiger partial charge >= 0.3 is 0 Å². The summed E-state index contributed by atoms with van der Waals surface area (Å²) in [7, 11) is 3.32. The maximum absolute atomic E-state index is 5.38. The molecule has 0 aliphatic heterocycles. The third kappa shape index (κ3) is 3.45. The average Bonchev–Trinajstić information content (AvgIpc) is 2.47. The van der Waals surface area contributed by atoms with Crippen LogP contribution in [0.3, 0.4) is 0 Å². The lowest BCUT2D eigenvalue weighted by Crippen LogP contribution is -2.07. The molecule has 1 N–H and O–H groups in total. The van der Waals surface area contributed by atoms with E-state index < -0.39 is 0 Å². The Labute approximate surface area is 128 Å². The molecule has 0 radical (unpaired) electrons. The number of halogens is 1. The molecule has 0 saturated heterocycles. The fourth-order valence-electron chi connectivity index (χ4n) is 1.99. The van der Waals surface area contributed by atoms with Crippen molar-refractivity contribution in [2.75, 3.05) is 19.5 Å². The topological polar surface area (TPSA) is 30.5 Å². The highest BCUT2D eigenvalue weighted by Gasteiger charge is 2.10. The molecule has 106 valence electrons. The molecule has 0 amide bonds. The van der Waals surface area contributed by atoms with E-state index in [1.54, 1.807) is 14.2 Å². The highest BCUT2D eigenvalue weighted by atomic mass is 79.9. The Bertz CT molecular complexity index is 569. The first-order chi connectivity index (χ1) is 9.63. The van der Waals surface area contributed by atoms with E-state index in [-0.39, 0.29) is 6.04 Å². The van der Waals surface area contributed by atoms with E-state index in [2.05, 4.69) is 40.3 Å². The number of hydrogen-bond donors (Lipinski definition) is 1. The van der Waals surface area contributed by atoms with Crippen LogP contribution >= 0.6 is 15.9 Å². The van der Waals surface area contributed by atoms with Gasteiger partial charge < -0.3 is 14.8 Å². The molecule has 0 aliphatic carbocycles. The van der Waals surface area contributed by atoms with Crippen molar-refractivity contribution in [1.29, 1.82) is 0 Å². The summed E-state index contributed by atoms with van der Waals surface area (Å²) in [4.78, 5) is 0. The van der Waals surface area contributed by atoms with Crippen molar-refractivity contribution in [3.8, 4) is 11.5 Å². The Balaban J connectivity index is 2.21. The molecule has 0 bridgehead atoms. The van der Waals surface area contributed by atoms with Crippen molar-refractivity contribution in [3.63, 3.8) is 0 Å². The molecule has 20 heavy (non-hydrogen) atoms. The zero-order valence-corrected chi connectivity index (χ0v) is 13.4. The Kier molecular flexibility index (Phi) is 4.90. The molecule has 0 heterocycles. The Morgan fingerprint density at radius 3 is 2.30 bits per heavy atom. The molecule has 0 fully saturated rings. The molecule has 0 aliphatic rings. The van der Waals surface area contributed by atoms with Gasteiger partial charge in [-0.15, -0.1) is 0 Å². The fourth-order valence-corrected chi connectivity index (χ4v) is 2.26. The van der Waals surface area contributed by atoms with Gasteiger partial charge in [0.25, 0.3) is 0 Å². The van der Waals surface area contributed by atoms with Crippen molar-refractivity contribution in [2.24, 2.45) is 0 Å². The second-order valence-corrected chi connectivity index (χ2v) is 5.40. The number of ether oxygens (including phenoxy) is 2. The van der Waals surface area contributed by atoms with E-state index >= 15 is 0 Å². The van der Waals surface area contributed by atoms with Crippen LogP contribution in [0.5, 0.6) is 11.5 Å². The van der Waals surface area contributed by atoms with Crippen LogP contribution in [0.1, 0.15) is 18.5 Å². The van der Waals surface area contributed by atoms with E-state index in [1.807, 2.05) is 30.3 Å². The molecule has 2 rings (SSSR count). The largest absolute Gasteiger partial charge is 0.497 e. The van der Waals surface area contributed by atoms with Gasteiger partial charge in [-0.2, -0.15) is 0 Å². The Morgan fingerprint density at radius 1 is 1.00 bits per heavy atom. The van der Waals surface area contributed by atoms with Gasteiger partial charge in [-0.05, 0) is 36.8 Å². The summed E-state index contributed by atoms with van der Waals surface area (Å²) in [5, 5.41) is 3.45. The average molecular weight is 336 g/mol. The minimum atomic E-state index is 0.170. The summed E-state index contributed by atoms with van der Waals surface area (Å²) < 4.78 is 11.7. The van der Waals surface area contributed by atoms with Gasteiger partial charge in [-0.3, -0.25) is 0 Å². The zero-order valence-electron chi connectivity index (χ0n) is 11.8. The standard InChI is InChI=1S/C16H18BrNO2/c1-11(12-4-6-13(17)7-5-12)18-15-10-14(19-2)8-9-16(15)20-3/h4-11,18H,1-3H3. The molecule has 1 atom stereocenters. The lowest BCUT2D eigenvalue weighted by atomic mass is 10.1. The van der Waals surface area contributed by atoms with Crippen molar-refractivity contribution >= 4 is 21.6 Å². The summed E-state index contributed by atoms with van der Waals surface area (Å²) in [6.45, 7) is 2.11. The minimum Gasteiger partial charge on any atom is -0.497 e. The number of benzene rings is 2. The summed E-state index contributed by atoms with van der Waals surface area (Å²) in [6.07, 6.45) is 0. The zero-order chi connectivity index (χ0) is 14.5. The number of rotatable bonds is 5. The number of hydrogen-bond acceptors (Lipinski definition) is 3. The van der Waals surface area contributed by atoms with Crippen LogP contribution in [0.4, 0.5) is 5.69 Å². The number of anilines is 1. The highest BCUT2D eigenvalue weighted by molar-refractivity contribution is 9.10. The second kappa shape index (κ2) is 6.66. The Morgan fingerprint density at radius 2 is 1.70 bits per heavy atom. The quantitative estimate of drug-likeness (QED) is 0.863. The van der Waals surface area contributed by atoms with Crippen molar-refractivity contribution in [1.82, 2.24) is 0 Å². The molecule has 2 aromatic carbocycles. The third-order valence-electron chi connectivity index (χ3n) is 3.15. The maximum Gasteiger partial charge on any atom is 0.142 e. The molecule has 4 heteroatoms. The molecule has 3 nitrogen and oxygen atoms in total. The van der Waals surface area contributed by atoms with Gasteiger partial charge in [0.15, 0.2) is 0 Å². The molecule has 0 saturated carbocycles. The number of methoxy groups -OCH3 is 2. The molecule has 1 unspecified atom stereocenters. The van der Waals surface area contributed by atoms with Crippen LogP contribution in [0.25, 0.3) is 0 Å². The second-order valence-electron chi connectivity index (χ2n) is 4.48. The van der Waals surface area contributed by atoms with Crippen molar-refractivity contribution < 1.29 is 9.47 Å². The molecule has 0 aromatic heterocycles. The van der Waals surface area contributed by atoms with Crippen molar-refractivity contribution in [2.45, 2.75) is 13.0 Å². The predicted molar refractivity (Wildman–Crippen MR) is 85.7 cm³/mol. The maximum atomic E-state index is 5.38. The van der Waals surface area contributed by atoms with Gasteiger partial charge in [0.05, 0.1) is 19.9 Å². The first kappa shape index (κ1) is 14.7. The first-order valence-electron chi connectivity index (χ1n) is 6.38. The third-order valence-corrected chi connectivity index (χ3v) is 3.68. The van der Waals surface area contributed by atoms with Crippen LogP contribution in [-0.4, -0.2) is 14.2 Å². The highest BCUT2D eigenvalue weighted by Crippen LogP contribution is 2.32. The Hall–Kier alpha value is -1.68. The van der Waals surface area contributed by atoms with Crippen molar-refractivity contribution in [3.05, 3.63) is 52.5 Å². The monoisotopic (exact) mass is 335 g/mol. The van der Waals surface area contributed by atoms with Gasteiger partial charge in [0.1, 0.15) is 11.5 Å². The van der Waals surface area contributed by atoms with Crippen LogP contribution in [0.15, 0.2) is 46.9 Å². The summed E-state index contributed by atoms with van der Waals surface area (Å²) in [5.74, 6) is 1.60. The van der Waals surface area contributed by atoms with E-state index in [0.29, 0.717) is 0 Å². The van der Waals surface area contributed by atoms with E-state index in [0.717, 1.165) is 21.7 Å². The van der Waals surface area contributed by atoms with Crippen LogP contribution < -0.4 is 14.8 Å². The van der Waals surface area contributed by atoms with Gasteiger partial charge in [-0.25, -0.2) is 0 Å². The van der Waals surface area contributed by atoms with Gasteiger partial charge in [-0.1, -0.05) is 28.1 Å². The van der Waals surface area contributed by atoms with Crippen LogP contribution in [0.2, 0.25) is 0 Å². The van der Waals surface area contributed by atoms with Crippen LogP contribution in [-0.2, 0) is 0 Å². The predicted octanol–water partition coefficient (Wildman–Crippen LogP) is 4.64. The summed E-state index contributed by atoms with van der Waals surface area (Å²) in [6, 6.07) is 14.2. The van der Waals surface area contributed by atoms with E-state index in [9.17, 15) is 0 Å². The minimum absolute atomic E-state index is 0.170. The lowest BCUT2D eigenvalue weighted by Gasteiger charge is -2.18. The van der Waals surface area contributed by atoms with E-state index in [1.165, 1.54) is 5.56 Å². The van der Waals surface area contributed by atoms with E-state index in [4.69, 9.17) is 9.47 Å². The molecule has 2 aromatic rings. The fraction of sp³-hybridized carbons (Fsp3) is 0.250. The lowest BCUT2D eigenvalue weighted by molar-refractivity contribution is 0.404. The number of nitrogens with one attached hydrogen (secondary N) is 1. The van der Waals surface area contributed by atoms with Crippen LogP contribution in [0, 0.1) is 0 Å². The van der Waals surface area contributed by atoms with Gasteiger partial charge in [0.2, 0.25) is 0 Å². The van der Waals surface area contributed by atoms with Gasteiger partial charge in [0, 0.05) is 16.6 Å². The SMILES string of the molecule is COc1ccc(OC)c(NC(C)c2ccc(Br)cc2)c1. The molecule has 0 spiro atoms. The first-order valence-corrected chi connectivity index (χ1v) is 7.17. The summed E-state index contributed by atoms with van der Waals surface area (Å²) >= 11 is 3.45.